The Labute approximate surface area is 86.6 Å². The van der Waals surface area contributed by atoms with Gasteiger partial charge < -0.3 is 10.5 Å². The van der Waals surface area contributed by atoms with Crippen molar-refractivity contribution in [3.8, 4) is 0 Å². The van der Waals surface area contributed by atoms with Crippen LogP contribution in [-0.4, -0.2) is 12.1 Å². The molecule has 0 aromatic carbocycles. The van der Waals surface area contributed by atoms with Crippen LogP contribution in [0.25, 0.3) is 0 Å². The maximum Gasteiger partial charge on any atom is 0.0932 e. The molecule has 0 unspecified atom stereocenters. The lowest BCUT2D eigenvalue weighted by molar-refractivity contribution is -0.0177. The average Bonchev–Trinajstić information content (AvgIpc) is 2.43. The fraction of sp³-hybridized carbons (Fsp3) is 0.556. The molecule has 1 heterocycles. The lowest BCUT2D eigenvalue weighted by Gasteiger charge is -2.31. The molecule has 2 N–H and O–H groups in total. The summed E-state index contributed by atoms with van der Waals surface area (Å²) < 4.78 is 6.44. The van der Waals surface area contributed by atoms with Crippen molar-refractivity contribution >= 4 is 22.9 Å². The Morgan fingerprint density at radius 1 is 1.54 bits per heavy atom. The van der Waals surface area contributed by atoms with Crippen LogP contribution in [0.4, 0.5) is 0 Å². The zero-order valence-electron chi connectivity index (χ0n) is 7.20. The molecule has 13 heavy (non-hydrogen) atoms. The van der Waals surface area contributed by atoms with Crippen LogP contribution in [0, 0.1) is 0 Å². The van der Waals surface area contributed by atoms with Crippen LogP contribution < -0.4 is 5.73 Å². The van der Waals surface area contributed by atoms with Gasteiger partial charge in [-0.15, -0.1) is 11.3 Å². The minimum atomic E-state index is 0.358. The van der Waals surface area contributed by atoms with Gasteiger partial charge >= 0.3 is 0 Å². The highest BCUT2D eigenvalue weighted by Gasteiger charge is 2.26. The molecule has 0 spiro atoms. The van der Waals surface area contributed by atoms with Gasteiger partial charge in [-0.1, -0.05) is 11.6 Å². The molecule has 0 radical (unpaired) electrons. The van der Waals surface area contributed by atoms with Gasteiger partial charge in [0, 0.05) is 10.9 Å². The molecule has 1 aliphatic rings. The number of hydrogen-bond donors (Lipinski definition) is 1. The topological polar surface area (TPSA) is 35.2 Å². The van der Waals surface area contributed by atoms with Gasteiger partial charge in [0.05, 0.1) is 17.0 Å². The standard InChI is InChI=1S/C9H12ClNOS/c10-9-2-1-8(13-9)5-12-7-3-6(11)4-7/h1-2,6-7H,3-5,11H2. The Balaban J connectivity index is 1.74. The van der Waals surface area contributed by atoms with Crippen LogP contribution in [0.1, 0.15) is 17.7 Å². The summed E-state index contributed by atoms with van der Waals surface area (Å²) in [6.45, 7) is 0.675. The minimum absolute atomic E-state index is 0.358. The number of hydrogen-bond acceptors (Lipinski definition) is 3. The molecule has 0 saturated heterocycles. The van der Waals surface area contributed by atoms with E-state index in [1.165, 1.54) is 4.88 Å². The van der Waals surface area contributed by atoms with E-state index in [0.717, 1.165) is 17.2 Å². The van der Waals surface area contributed by atoms with E-state index in [0.29, 0.717) is 18.8 Å². The van der Waals surface area contributed by atoms with Crippen molar-refractivity contribution in [3.63, 3.8) is 0 Å². The van der Waals surface area contributed by atoms with Gasteiger partial charge in [0.15, 0.2) is 0 Å². The molecule has 0 aliphatic heterocycles. The SMILES string of the molecule is NC1CC(OCc2ccc(Cl)s2)C1. The van der Waals surface area contributed by atoms with Gasteiger partial charge in [0.2, 0.25) is 0 Å². The fourth-order valence-corrected chi connectivity index (χ4v) is 2.38. The summed E-state index contributed by atoms with van der Waals surface area (Å²) in [4.78, 5) is 1.19. The summed E-state index contributed by atoms with van der Waals surface area (Å²) in [7, 11) is 0. The molecule has 1 fully saturated rings. The monoisotopic (exact) mass is 217 g/mol. The Bertz CT molecular complexity index is 283. The molecule has 0 atom stereocenters. The van der Waals surface area contributed by atoms with Gasteiger partial charge in [-0.3, -0.25) is 0 Å². The second-order valence-corrected chi connectivity index (χ2v) is 5.17. The van der Waals surface area contributed by atoms with Gasteiger partial charge in [-0.05, 0) is 25.0 Å². The second-order valence-electron chi connectivity index (χ2n) is 3.37. The van der Waals surface area contributed by atoms with Crippen LogP contribution in [0.5, 0.6) is 0 Å². The molecule has 4 heteroatoms. The highest BCUT2D eigenvalue weighted by Crippen LogP contribution is 2.26. The Morgan fingerprint density at radius 3 is 2.85 bits per heavy atom. The predicted molar refractivity (Wildman–Crippen MR) is 55.1 cm³/mol. The van der Waals surface area contributed by atoms with E-state index in [2.05, 4.69) is 0 Å². The quantitative estimate of drug-likeness (QED) is 0.844. The fourth-order valence-electron chi connectivity index (χ4n) is 1.37. The molecule has 2 nitrogen and oxygen atoms in total. The Hall–Kier alpha value is -0.0900. The van der Waals surface area contributed by atoms with Crippen LogP contribution in [0.2, 0.25) is 4.34 Å². The maximum atomic E-state index is 5.79. The van der Waals surface area contributed by atoms with Gasteiger partial charge in [-0.2, -0.15) is 0 Å². The van der Waals surface area contributed by atoms with E-state index in [-0.39, 0.29) is 0 Å². The van der Waals surface area contributed by atoms with E-state index in [1.807, 2.05) is 12.1 Å². The van der Waals surface area contributed by atoms with Crippen LogP contribution >= 0.6 is 22.9 Å². The van der Waals surface area contributed by atoms with Gasteiger partial charge in [0.1, 0.15) is 0 Å². The molecule has 72 valence electrons. The highest BCUT2D eigenvalue weighted by molar-refractivity contribution is 7.16. The van der Waals surface area contributed by atoms with Crippen LogP contribution in [-0.2, 0) is 11.3 Å². The third-order valence-corrected chi connectivity index (χ3v) is 3.43. The number of rotatable bonds is 3. The molecular formula is C9H12ClNOS. The first kappa shape index (κ1) is 9.46. The number of nitrogens with two attached hydrogens (primary N) is 1. The second kappa shape index (κ2) is 3.96. The average molecular weight is 218 g/mol. The molecule has 1 aromatic rings. The summed E-state index contributed by atoms with van der Waals surface area (Å²) in [6, 6.07) is 4.26. The van der Waals surface area contributed by atoms with Crippen LogP contribution in [0.3, 0.4) is 0 Å². The van der Waals surface area contributed by atoms with Crippen molar-refractivity contribution in [1.29, 1.82) is 0 Å². The molecule has 1 aliphatic carbocycles. The first-order valence-corrected chi connectivity index (χ1v) is 5.55. The lowest BCUT2D eigenvalue weighted by Crippen LogP contribution is -2.41. The number of thiophene rings is 1. The third kappa shape index (κ3) is 2.44. The van der Waals surface area contributed by atoms with E-state index in [9.17, 15) is 0 Å². The van der Waals surface area contributed by atoms with Crippen molar-refractivity contribution in [2.24, 2.45) is 5.73 Å². The zero-order chi connectivity index (χ0) is 9.26. The Kier molecular flexibility index (Phi) is 2.89. The van der Waals surface area contributed by atoms with E-state index < -0.39 is 0 Å². The summed E-state index contributed by atoms with van der Waals surface area (Å²) in [6.07, 6.45) is 2.37. The first-order chi connectivity index (χ1) is 6.24. The first-order valence-electron chi connectivity index (χ1n) is 4.35. The lowest BCUT2D eigenvalue weighted by atomic mass is 9.90. The number of ether oxygens (including phenoxy) is 1. The van der Waals surface area contributed by atoms with Crippen molar-refractivity contribution < 1.29 is 4.74 Å². The molecule has 0 amide bonds. The van der Waals surface area contributed by atoms with Crippen molar-refractivity contribution in [3.05, 3.63) is 21.3 Å². The zero-order valence-corrected chi connectivity index (χ0v) is 8.77. The minimum Gasteiger partial charge on any atom is -0.373 e. The van der Waals surface area contributed by atoms with Crippen molar-refractivity contribution in [1.82, 2.24) is 0 Å². The maximum absolute atomic E-state index is 5.79. The molecule has 1 saturated carbocycles. The van der Waals surface area contributed by atoms with Crippen molar-refractivity contribution in [2.75, 3.05) is 0 Å². The smallest absolute Gasteiger partial charge is 0.0932 e. The summed E-state index contributed by atoms with van der Waals surface area (Å²) in [5.41, 5.74) is 5.64. The van der Waals surface area contributed by atoms with E-state index >= 15 is 0 Å². The summed E-state index contributed by atoms with van der Waals surface area (Å²) in [5, 5.41) is 0. The molecule has 2 rings (SSSR count). The summed E-state index contributed by atoms with van der Waals surface area (Å²) >= 11 is 7.36. The normalized spacial score (nSPS) is 27.2. The molecule has 0 bridgehead atoms. The molecular weight excluding hydrogens is 206 g/mol. The van der Waals surface area contributed by atoms with Gasteiger partial charge in [-0.25, -0.2) is 0 Å². The molecule has 1 aromatic heterocycles. The van der Waals surface area contributed by atoms with E-state index in [4.69, 9.17) is 22.1 Å². The van der Waals surface area contributed by atoms with Gasteiger partial charge in [0.25, 0.3) is 0 Å². The third-order valence-electron chi connectivity index (χ3n) is 2.22. The summed E-state index contributed by atoms with van der Waals surface area (Å²) in [5.74, 6) is 0. The predicted octanol–water partition coefficient (Wildman–Crippen LogP) is 2.41. The largest absolute Gasteiger partial charge is 0.373 e. The van der Waals surface area contributed by atoms with Crippen LogP contribution in [0.15, 0.2) is 12.1 Å². The Morgan fingerprint density at radius 2 is 2.31 bits per heavy atom. The highest BCUT2D eigenvalue weighted by atomic mass is 35.5. The van der Waals surface area contributed by atoms with Crippen molar-refractivity contribution in [2.45, 2.75) is 31.6 Å². The number of halogens is 1. The van der Waals surface area contributed by atoms with E-state index in [1.54, 1.807) is 11.3 Å².